The molecule has 1 fully saturated rings. The van der Waals surface area contributed by atoms with Crippen LogP contribution in [0.2, 0.25) is 0 Å². The summed E-state index contributed by atoms with van der Waals surface area (Å²) in [5, 5.41) is 0.891. The molecule has 4 heteroatoms. The molecule has 1 saturated heterocycles. The van der Waals surface area contributed by atoms with E-state index in [-0.39, 0.29) is 5.82 Å². The lowest BCUT2D eigenvalue weighted by molar-refractivity contribution is 0.264. The van der Waals surface area contributed by atoms with Crippen LogP contribution >= 0.6 is 0 Å². The number of rotatable bonds is 3. The summed E-state index contributed by atoms with van der Waals surface area (Å²) in [5.74, 6) is 2.44. The molecular weight excluding hydrogens is 277 g/mol. The van der Waals surface area contributed by atoms with Gasteiger partial charge in [-0.05, 0) is 19.1 Å². The van der Waals surface area contributed by atoms with Crippen molar-refractivity contribution in [3.63, 3.8) is 0 Å². The Bertz CT molecular complexity index is 712. The summed E-state index contributed by atoms with van der Waals surface area (Å²) >= 11 is 0. The zero-order valence-electron chi connectivity index (χ0n) is 12.8. The molecule has 0 N–H and O–H groups in total. The van der Waals surface area contributed by atoms with Crippen LogP contribution in [0.3, 0.4) is 0 Å². The smallest absolute Gasteiger partial charge is 0.149 e. The lowest BCUT2D eigenvalue weighted by atomic mass is 10.1. The molecule has 0 atom stereocenters. The minimum absolute atomic E-state index is 0.255. The first kappa shape index (κ1) is 14.8. The maximum absolute atomic E-state index is 14.0. The topological polar surface area (TPSA) is 19.4 Å². The van der Waals surface area contributed by atoms with Gasteiger partial charge in [0, 0.05) is 55.9 Å². The largest absolute Gasteiger partial charge is 0.368 e. The van der Waals surface area contributed by atoms with E-state index in [2.05, 4.69) is 26.8 Å². The zero-order valence-corrected chi connectivity index (χ0v) is 12.8. The summed E-state index contributed by atoms with van der Waals surface area (Å²) in [6.45, 7) is 6.70. The van der Waals surface area contributed by atoms with Crippen LogP contribution in [0, 0.1) is 25.1 Å². The van der Waals surface area contributed by atoms with Gasteiger partial charge in [0.1, 0.15) is 11.3 Å². The molecule has 114 valence electrons. The molecule has 1 aliphatic rings. The molecule has 1 aromatic heterocycles. The highest BCUT2D eigenvalue weighted by Gasteiger charge is 2.19. The van der Waals surface area contributed by atoms with E-state index in [0.29, 0.717) is 5.52 Å². The first-order valence-corrected chi connectivity index (χ1v) is 7.65. The van der Waals surface area contributed by atoms with Crippen LogP contribution in [-0.2, 0) is 0 Å². The maximum atomic E-state index is 14.0. The first-order chi connectivity index (χ1) is 10.7. The van der Waals surface area contributed by atoms with Crippen molar-refractivity contribution in [2.75, 3.05) is 37.6 Å². The number of hydrogen-bond acceptors (Lipinski definition) is 3. The number of fused-ring (bicyclic) bond motifs is 1. The highest BCUT2D eigenvalue weighted by molar-refractivity contribution is 5.92. The molecule has 1 aliphatic heterocycles. The third-order valence-electron chi connectivity index (χ3n) is 4.18. The normalized spacial score (nSPS) is 16.0. The summed E-state index contributed by atoms with van der Waals surface area (Å²) in [6.07, 6.45) is 6.12. The number of halogens is 1. The minimum atomic E-state index is -0.255. The van der Waals surface area contributed by atoms with Crippen molar-refractivity contribution in [3.8, 4) is 12.3 Å². The summed E-state index contributed by atoms with van der Waals surface area (Å²) in [5.41, 5.74) is 2.40. The second kappa shape index (κ2) is 6.33. The van der Waals surface area contributed by atoms with Crippen LogP contribution in [0.1, 0.15) is 12.1 Å². The Kier molecular flexibility index (Phi) is 4.26. The number of piperazine rings is 1. The van der Waals surface area contributed by atoms with Gasteiger partial charge in [-0.3, -0.25) is 4.90 Å². The second-order valence-electron chi connectivity index (χ2n) is 5.70. The van der Waals surface area contributed by atoms with Crippen molar-refractivity contribution in [2.45, 2.75) is 13.3 Å². The molecule has 0 radical (unpaired) electrons. The van der Waals surface area contributed by atoms with Crippen LogP contribution in [-0.4, -0.2) is 42.6 Å². The Labute approximate surface area is 130 Å². The van der Waals surface area contributed by atoms with Gasteiger partial charge in [0.15, 0.2) is 0 Å². The van der Waals surface area contributed by atoms with Gasteiger partial charge in [0.25, 0.3) is 0 Å². The summed E-state index contributed by atoms with van der Waals surface area (Å²) in [6, 6.07) is 7.22. The molecule has 0 amide bonds. The van der Waals surface area contributed by atoms with E-state index in [1.54, 1.807) is 6.07 Å². The molecule has 1 aromatic carbocycles. The van der Waals surface area contributed by atoms with Gasteiger partial charge in [0.05, 0.1) is 0 Å². The van der Waals surface area contributed by atoms with Gasteiger partial charge in [-0.2, -0.15) is 0 Å². The molecule has 3 nitrogen and oxygen atoms in total. The van der Waals surface area contributed by atoms with E-state index in [1.165, 1.54) is 6.07 Å². The standard InChI is InChI=1S/C18H20FN3/c1-3-4-8-21-9-11-22(12-10-21)17-13-14(2)20-18-15(17)6-5-7-16(18)19/h1,5-7,13H,4,8-12H2,2H3. The third-order valence-corrected chi connectivity index (χ3v) is 4.18. The van der Waals surface area contributed by atoms with Crippen LogP contribution < -0.4 is 4.90 Å². The number of hydrogen-bond donors (Lipinski definition) is 0. The SMILES string of the molecule is C#CCCN1CCN(c2cc(C)nc3c(F)cccc23)CC1. The van der Waals surface area contributed by atoms with Gasteiger partial charge < -0.3 is 4.90 Å². The Hall–Kier alpha value is -2.12. The lowest BCUT2D eigenvalue weighted by Gasteiger charge is -2.36. The van der Waals surface area contributed by atoms with Gasteiger partial charge in [0.2, 0.25) is 0 Å². The number of benzene rings is 1. The molecule has 3 rings (SSSR count). The molecule has 2 aromatic rings. The Morgan fingerprint density at radius 2 is 2.05 bits per heavy atom. The van der Waals surface area contributed by atoms with E-state index in [1.807, 2.05) is 13.0 Å². The fraction of sp³-hybridized carbons (Fsp3) is 0.389. The predicted molar refractivity (Wildman–Crippen MR) is 88.5 cm³/mol. The molecule has 2 heterocycles. The fourth-order valence-electron chi connectivity index (χ4n) is 3.02. The van der Waals surface area contributed by atoms with Crippen LogP contribution in [0.15, 0.2) is 24.3 Å². The van der Waals surface area contributed by atoms with Crippen molar-refractivity contribution >= 4 is 16.6 Å². The molecule has 0 aliphatic carbocycles. The highest BCUT2D eigenvalue weighted by atomic mass is 19.1. The van der Waals surface area contributed by atoms with Crippen molar-refractivity contribution in [2.24, 2.45) is 0 Å². The van der Waals surface area contributed by atoms with E-state index in [4.69, 9.17) is 6.42 Å². The molecular formula is C18H20FN3. The molecule has 0 spiro atoms. The number of anilines is 1. The number of aryl methyl sites for hydroxylation is 1. The first-order valence-electron chi connectivity index (χ1n) is 7.65. The van der Waals surface area contributed by atoms with Crippen LogP contribution in [0.25, 0.3) is 10.9 Å². The van der Waals surface area contributed by atoms with Gasteiger partial charge >= 0.3 is 0 Å². The average molecular weight is 297 g/mol. The molecule has 0 bridgehead atoms. The lowest BCUT2D eigenvalue weighted by Crippen LogP contribution is -2.46. The van der Waals surface area contributed by atoms with E-state index in [9.17, 15) is 4.39 Å². The highest BCUT2D eigenvalue weighted by Crippen LogP contribution is 2.29. The number of terminal acetylenes is 1. The van der Waals surface area contributed by atoms with Crippen molar-refractivity contribution in [3.05, 3.63) is 35.8 Å². The van der Waals surface area contributed by atoms with Crippen LogP contribution in [0.5, 0.6) is 0 Å². The zero-order chi connectivity index (χ0) is 15.5. The van der Waals surface area contributed by atoms with Crippen LogP contribution in [0.4, 0.5) is 10.1 Å². The number of nitrogens with zero attached hydrogens (tertiary/aromatic N) is 3. The van der Waals surface area contributed by atoms with Crippen molar-refractivity contribution in [1.82, 2.24) is 9.88 Å². The summed E-state index contributed by atoms with van der Waals surface area (Å²) in [7, 11) is 0. The Morgan fingerprint density at radius 3 is 2.77 bits per heavy atom. The molecule has 0 saturated carbocycles. The summed E-state index contributed by atoms with van der Waals surface area (Å²) < 4.78 is 14.0. The van der Waals surface area contributed by atoms with Gasteiger partial charge in [-0.15, -0.1) is 12.3 Å². The minimum Gasteiger partial charge on any atom is -0.368 e. The Balaban J connectivity index is 1.86. The van der Waals surface area contributed by atoms with E-state index >= 15 is 0 Å². The predicted octanol–water partition coefficient (Wildman–Crippen LogP) is 2.83. The van der Waals surface area contributed by atoms with Gasteiger partial charge in [-0.1, -0.05) is 12.1 Å². The van der Waals surface area contributed by atoms with Crippen molar-refractivity contribution in [1.29, 1.82) is 0 Å². The monoisotopic (exact) mass is 297 g/mol. The maximum Gasteiger partial charge on any atom is 0.149 e. The number of aromatic nitrogens is 1. The molecule has 0 unspecified atom stereocenters. The van der Waals surface area contributed by atoms with E-state index in [0.717, 1.165) is 55.9 Å². The van der Waals surface area contributed by atoms with E-state index < -0.39 is 0 Å². The average Bonchev–Trinajstić information content (AvgIpc) is 2.54. The number of pyridine rings is 1. The van der Waals surface area contributed by atoms with Crippen molar-refractivity contribution < 1.29 is 4.39 Å². The quantitative estimate of drug-likeness (QED) is 0.812. The third kappa shape index (κ3) is 2.90. The summed E-state index contributed by atoms with van der Waals surface area (Å²) in [4.78, 5) is 9.06. The molecule has 22 heavy (non-hydrogen) atoms. The van der Waals surface area contributed by atoms with Gasteiger partial charge in [-0.25, -0.2) is 9.37 Å². The number of para-hydroxylation sites is 1. The Morgan fingerprint density at radius 1 is 1.27 bits per heavy atom. The fourth-order valence-corrected chi connectivity index (χ4v) is 3.02. The second-order valence-corrected chi connectivity index (χ2v) is 5.70.